The Labute approximate surface area is 138 Å². The van der Waals surface area contributed by atoms with E-state index in [0.717, 1.165) is 44.1 Å². The largest absolute Gasteiger partial charge is 0.324 e. The molecular weight excluding hydrogens is 286 g/mol. The summed E-state index contributed by atoms with van der Waals surface area (Å²) in [6, 6.07) is 8.12. The van der Waals surface area contributed by atoms with Crippen LogP contribution in [0.5, 0.6) is 0 Å². The van der Waals surface area contributed by atoms with Crippen molar-refractivity contribution < 1.29 is 4.79 Å². The highest BCUT2D eigenvalue weighted by atomic mass is 16.2. The first-order valence-corrected chi connectivity index (χ1v) is 9.12. The Kier molecular flexibility index (Phi) is 4.12. The van der Waals surface area contributed by atoms with Crippen molar-refractivity contribution in [2.24, 2.45) is 5.92 Å². The van der Waals surface area contributed by atoms with Crippen LogP contribution in [0.1, 0.15) is 44.1 Å². The molecule has 2 N–H and O–H groups in total. The summed E-state index contributed by atoms with van der Waals surface area (Å²) in [4.78, 5) is 15.4. The summed E-state index contributed by atoms with van der Waals surface area (Å²) in [5.41, 5.74) is 1.77. The van der Waals surface area contributed by atoms with Gasteiger partial charge in [0.15, 0.2) is 0 Å². The number of likely N-dealkylation sites (tertiary alicyclic amines) is 1. The molecule has 2 fully saturated rings. The van der Waals surface area contributed by atoms with E-state index in [1.807, 2.05) is 18.2 Å². The maximum absolute atomic E-state index is 12.8. The fourth-order valence-corrected chi connectivity index (χ4v) is 4.46. The maximum atomic E-state index is 12.8. The van der Waals surface area contributed by atoms with E-state index >= 15 is 0 Å². The lowest BCUT2D eigenvalue weighted by atomic mass is 9.86. The van der Waals surface area contributed by atoms with Gasteiger partial charge in [-0.25, -0.2) is 0 Å². The molecule has 1 spiro atoms. The number of carbonyl (C=O) groups is 1. The molecule has 0 aromatic heterocycles. The van der Waals surface area contributed by atoms with E-state index in [2.05, 4.69) is 21.6 Å². The molecule has 1 aliphatic carbocycles. The van der Waals surface area contributed by atoms with Crippen LogP contribution in [0.15, 0.2) is 24.3 Å². The maximum Gasteiger partial charge on any atom is 0.244 e. The second-order valence-electron chi connectivity index (χ2n) is 7.50. The van der Waals surface area contributed by atoms with Crippen LogP contribution in [0.25, 0.3) is 0 Å². The predicted octanol–water partition coefficient (Wildman–Crippen LogP) is 2.75. The topological polar surface area (TPSA) is 44.4 Å². The molecule has 1 aromatic rings. The number of benzene rings is 1. The summed E-state index contributed by atoms with van der Waals surface area (Å²) < 4.78 is 0. The molecule has 4 heteroatoms. The molecule has 0 unspecified atom stereocenters. The summed E-state index contributed by atoms with van der Waals surface area (Å²) in [5, 5.41) is 6.73. The number of piperidine rings is 1. The molecule has 4 rings (SSSR count). The zero-order valence-corrected chi connectivity index (χ0v) is 13.8. The first-order chi connectivity index (χ1) is 11.3. The average Bonchev–Trinajstić information content (AvgIpc) is 3.04. The molecule has 1 saturated carbocycles. The van der Waals surface area contributed by atoms with Crippen molar-refractivity contribution in [1.82, 2.24) is 10.2 Å². The number of hydrogen-bond acceptors (Lipinski definition) is 3. The van der Waals surface area contributed by atoms with Gasteiger partial charge in [0, 0.05) is 31.9 Å². The average molecular weight is 313 g/mol. The molecule has 23 heavy (non-hydrogen) atoms. The number of para-hydroxylation sites is 1. The van der Waals surface area contributed by atoms with Gasteiger partial charge in [0.25, 0.3) is 0 Å². The van der Waals surface area contributed by atoms with Gasteiger partial charge in [0.05, 0.1) is 0 Å². The minimum absolute atomic E-state index is 0.156. The van der Waals surface area contributed by atoms with Crippen LogP contribution in [-0.2, 0) is 11.3 Å². The lowest BCUT2D eigenvalue weighted by Gasteiger charge is -2.41. The molecule has 0 radical (unpaired) electrons. The van der Waals surface area contributed by atoms with E-state index in [-0.39, 0.29) is 11.4 Å². The minimum Gasteiger partial charge on any atom is -0.324 e. The molecule has 1 aromatic carbocycles. The van der Waals surface area contributed by atoms with E-state index in [0.29, 0.717) is 0 Å². The summed E-state index contributed by atoms with van der Waals surface area (Å²) in [5.74, 6) is 1.05. The Bertz CT molecular complexity index is 572. The third kappa shape index (κ3) is 3.02. The van der Waals surface area contributed by atoms with Crippen LogP contribution in [0, 0.1) is 5.92 Å². The normalized spacial score (nSPS) is 25.1. The van der Waals surface area contributed by atoms with E-state index in [1.54, 1.807) is 0 Å². The second-order valence-corrected chi connectivity index (χ2v) is 7.50. The van der Waals surface area contributed by atoms with Crippen molar-refractivity contribution in [3.8, 4) is 0 Å². The van der Waals surface area contributed by atoms with Crippen LogP contribution < -0.4 is 10.6 Å². The van der Waals surface area contributed by atoms with E-state index < -0.39 is 0 Å². The van der Waals surface area contributed by atoms with Crippen LogP contribution in [-0.4, -0.2) is 36.0 Å². The fourth-order valence-electron chi connectivity index (χ4n) is 4.46. The Balaban J connectivity index is 1.41. The number of nitrogens with zero attached hydrogens (tertiary/aromatic N) is 1. The summed E-state index contributed by atoms with van der Waals surface area (Å²) in [6.07, 6.45) is 7.44. The van der Waals surface area contributed by atoms with Gasteiger partial charge in [-0.15, -0.1) is 0 Å². The van der Waals surface area contributed by atoms with Gasteiger partial charge in [0.1, 0.15) is 5.54 Å². The Morgan fingerprint density at radius 3 is 2.65 bits per heavy atom. The van der Waals surface area contributed by atoms with E-state index in [1.165, 1.54) is 37.8 Å². The van der Waals surface area contributed by atoms with Gasteiger partial charge >= 0.3 is 0 Å². The van der Waals surface area contributed by atoms with Crippen LogP contribution in [0.3, 0.4) is 0 Å². The number of hydrogen-bond donors (Lipinski definition) is 2. The highest BCUT2D eigenvalue weighted by molar-refractivity contribution is 5.99. The van der Waals surface area contributed by atoms with Crippen molar-refractivity contribution in [1.29, 1.82) is 0 Å². The standard InChI is InChI=1S/C19H27N3O/c23-18-19(20-13-16-7-3-4-8-17(16)21-18)9-11-22(12-10-19)14-15-5-1-2-6-15/h3-4,7-8,15,20H,1-2,5-6,9-14H2,(H,21,23). The Hall–Kier alpha value is -1.39. The SMILES string of the molecule is O=C1Nc2ccccc2CNC12CCN(CC1CCCC1)CC2. The van der Waals surface area contributed by atoms with Crippen molar-refractivity contribution in [2.45, 2.75) is 50.6 Å². The minimum atomic E-state index is -0.384. The Morgan fingerprint density at radius 1 is 1.13 bits per heavy atom. The smallest absolute Gasteiger partial charge is 0.244 e. The number of fused-ring (bicyclic) bond motifs is 1. The van der Waals surface area contributed by atoms with Gasteiger partial charge in [0.2, 0.25) is 5.91 Å². The molecule has 4 nitrogen and oxygen atoms in total. The summed E-state index contributed by atoms with van der Waals surface area (Å²) in [7, 11) is 0. The zero-order chi connectivity index (χ0) is 15.7. The van der Waals surface area contributed by atoms with Gasteiger partial charge in [-0.1, -0.05) is 31.0 Å². The van der Waals surface area contributed by atoms with Gasteiger partial charge in [-0.05, 0) is 43.2 Å². The fraction of sp³-hybridized carbons (Fsp3) is 0.632. The third-order valence-corrected chi connectivity index (χ3v) is 6.02. The van der Waals surface area contributed by atoms with Gasteiger partial charge in [-0.2, -0.15) is 0 Å². The number of carbonyl (C=O) groups excluding carboxylic acids is 1. The van der Waals surface area contributed by atoms with E-state index in [9.17, 15) is 4.79 Å². The first-order valence-electron chi connectivity index (χ1n) is 9.12. The highest BCUT2D eigenvalue weighted by Crippen LogP contribution is 2.31. The number of amides is 1. The monoisotopic (exact) mass is 313 g/mol. The number of rotatable bonds is 2. The highest BCUT2D eigenvalue weighted by Gasteiger charge is 2.42. The molecule has 2 heterocycles. The van der Waals surface area contributed by atoms with Crippen molar-refractivity contribution in [2.75, 3.05) is 25.0 Å². The van der Waals surface area contributed by atoms with Crippen LogP contribution in [0.2, 0.25) is 0 Å². The Morgan fingerprint density at radius 2 is 1.87 bits per heavy atom. The third-order valence-electron chi connectivity index (χ3n) is 6.02. The van der Waals surface area contributed by atoms with Gasteiger partial charge < -0.3 is 10.2 Å². The number of nitrogens with one attached hydrogen (secondary N) is 2. The molecule has 1 amide bonds. The lowest BCUT2D eigenvalue weighted by molar-refractivity contribution is -0.124. The molecule has 0 atom stereocenters. The second kappa shape index (κ2) is 6.25. The summed E-state index contributed by atoms with van der Waals surface area (Å²) in [6.45, 7) is 4.08. The van der Waals surface area contributed by atoms with Gasteiger partial charge in [-0.3, -0.25) is 10.1 Å². The van der Waals surface area contributed by atoms with Crippen molar-refractivity contribution >= 4 is 11.6 Å². The summed E-state index contributed by atoms with van der Waals surface area (Å²) >= 11 is 0. The van der Waals surface area contributed by atoms with E-state index in [4.69, 9.17) is 0 Å². The number of anilines is 1. The lowest BCUT2D eigenvalue weighted by Crippen LogP contribution is -2.59. The molecule has 1 saturated heterocycles. The molecular formula is C19H27N3O. The molecule has 3 aliphatic rings. The molecule has 0 bridgehead atoms. The van der Waals surface area contributed by atoms with Crippen molar-refractivity contribution in [3.63, 3.8) is 0 Å². The molecule has 124 valence electrons. The molecule has 2 aliphatic heterocycles. The first kappa shape index (κ1) is 15.2. The van der Waals surface area contributed by atoms with Crippen molar-refractivity contribution in [3.05, 3.63) is 29.8 Å². The zero-order valence-electron chi connectivity index (χ0n) is 13.8. The predicted molar refractivity (Wildman–Crippen MR) is 92.3 cm³/mol. The van der Waals surface area contributed by atoms with Crippen LogP contribution >= 0.6 is 0 Å². The quantitative estimate of drug-likeness (QED) is 0.882. The van der Waals surface area contributed by atoms with Crippen LogP contribution in [0.4, 0.5) is 5.69 Å².